The van der Waals surface area contributed by atoms with Gasteiger partial charge in [-0.15, -0.1) is 0 Å². The van der Waals surface area contributed by atoms with Crippen LogP contribution in [0, 0.1) is 11.7 Å². The number of carbonyl (C=O) groups excluding carboxylic acids is 1. The Morgan fingerprint density at radius 1 is 1.00 bits per heavy atom. The summed E-state index contributed by atoms with van der Waals surface area (Å²) < 4.78 is 24.4. The quantitative estimate of drug-likeness (QED) is 0.584. The Morgan fingerprint density at radius 2 is 1.77 bits per heavy atom. The van der Waals surface area contributed by atoms with Gasteiger partial charge < -0.3 is 24.6 Å². The number of hydrogen-bond donors (Lipinski definition) is 1. The van der Waals surface area contributed by atoms with E-state index in [9.17, 15) is 9.18 Å². The Balaban J connectivity index is 1.40. The predicted octanol–water partition coefficient (Wildman–Crippen LogP) is 4.03. The summed E-state index contributed by atoms with van der Waals surface area (Å²) in [7, 11) is 3.33. The molecule has 1 amide bonds. The summed E-state index contributed by atoms with van der Waals surface area (Å²) in [6.45, 7) is 2.67. The van der Waals surface area contributed by atoms with Crippen LogP contribution in [0.15, 0.2) is 66.7 Å². The molecule has 3 aromatic rings. The summed E-state index contributed by atoms with van der Waals surface area (Å²) in [5.41, 5.74) is 4.14. The number of ether oxygens (including phenoxy) is 2. The third-order valence-corrected chi connectivity index (χ3v) is 7.05. The SMILES string of the molecule is COc1ccc(N2CCN3c4cc(OC)ccc4CC(C(=O)NCc4cccc(F)c4)C3C2)cc1. The minimum absolute atomic E-state index is 0.00188. The zero-order valence-corrected chi connectivity index (χ0v) is 20.0. The highest BCUT2D eigenvalue weighted by Crippen LogP contribution is 2.39. The Labute approximate surface area is 205 Å². The zero-order chi connectivity index (χ0) is 24.4. The molecule has 1 saturated heterocycles. The molecular formula is C28H30FN3O3. The van der Waals surface area contributed by atoms with Crippen LogP contribution >= 0.6 is 0 Å². The molecule has 0 saturated carbocycles. The largest absolute Gasteiger partial charge is 0.497 e. The molecule has 2 unspecified atom stereocenters. The van der Waals surface area contributed by atoms with Crippen molar-refractivity contribution in [3.63, 3.8) is 0 Å². The van der Waals surface area contributed by atoms with Gasteiger partial charge in [0.25, 0.3) is 0 Å². The lowest BCUT2D eigenvalue weighted by atomic mass is 9.83. The summed E-state index contributed by atoms with van der Waals surface area (Å²) in [4.78, 5) is 18.2. The van der Waals surface area contributed by atoms with Gasteiger partial charge in [-0.25, -0.2) is 4.39 Å². The molecule has 5 rings (SSSR count). The molecule has 182 valence electrons. The highest BCUT2D eigenvalue weighted by atomic mass is 19.1. The number of fused-ring (bicyclic) bond motifs is 3. The second-order valence-corrected chi connectivity index (χ2v) is 9.06. The maximum absolute atomic E-state index is 13.6. The van der Waals surface area contributed by atoms with Crippen LogP contribution in [-0.4, -0.2) is 45.8 Å². The van der Waals surface area contributed by atoms with E-state index in [1.807, 2.05) is 24.3 Å². The van der Waals surface area contributed by atoms with Gasteiger partial charge >= 0.3 is 0 Å². The first-order chi connectivity index (χ1) is 17.1. The Bertz CT molecular complexity index is 1200. The lowest BCUT2D eigenvalue weighted by Gasteiger charge is -2.49. The van der Waals surface area contributed by atoms with E-state index >= 15 is 0 Å². The van der Waals surface area contributed by atoms with Crippen LogP contribution in [-0.2, 0) is 17.8 Å². The first kappa shape index (κ1) is 23.0. The van der Waals surface area contributed by atoms with Crippen molar-refractivity contribution in [2.75, 3.05) is 43.7 Å². The van der Waals surface area contributed by atoms with E-state index in [1.54, 1.807) is 20.3 Å². The zero-order valence-electron chi connectivity index (χ0n) is 20.0. The van der Waals surface area contributed by atoms with Gasteiger partial charge in [0.05, 0.1) is 26.2 Å². The molecule has 0 spiro atoms. The Hall–Kier alpha value is -3.74. The Morgan fingerprint density at radius 3 is 2.51 bits per heavy atom. The van der Waals surface area contributed by atoms with Crippen molar-refractivity contribution in [2.24, 2.45) is 5.92 Å². The molecule has 7 heteroatoms. The molecule has 6 nitrogen and oxygen atoms in total. The third kappa shape index (κ3) is 4.76. The number of piperazine rings is 1. The first-order valence-corrected chi connectivity index (χ1v) is 11.9. The number of benzene rings is 3. The summed E-state index contributed by atoms with van der Waals surface area (Å²) in [6, 6.07) is 20.5. The van der Waals surface area contributed by atoms with Gasteiger partial charge in [0.2, 0.25) is 5.91 Å². The fraction of sp³-hybridized carbons (Fsp3) is 0.321. The van der Waals surface area contributed by atoms with E-state index in [0.29, 0.717) is 13.0 Å². The number of methoxy groups -OCH3 is 2. The van der Waals surface area contributed by atoms with E-state index in [2.05, 4.69) is 39.4 Å². The number of halogens is 1. The van der Waals surface area contributed by atoms with Crippen LogP contribution < -0.4 is 24.6 Å². The topological polar surface area (TPSA) is 54.0 Å². The molecule has 35 heavy (non-hydrogen) atoms. The summed E-state index contributed by atoms with van der Waals surface area (Å²) in [5.74, 6) is 1.09. The normalized spacial score (nSPS) is 18.9. The molecular weight excluding hydrogens is 445 g/mol. The first-order valence-electron chi connectivity index (χ1n) is 11.9. The van der Waals surface area contributed by atoms with Gasteiger partial charge in [0, 0.05) is 43.6 Å². The number of rotatable bonds is 6. The maximum atomic E-state index is 13.6. The number of anilines is 2. The smallest absolute Gasteiger partial charge is 0.225 e. The molecule has 0 bridgehead atoms. The van der Waals surface area contributed by atoms with Crippen molar-refractivity contribution in [1.82, 2.24) is 5.32 Å². The molecule has 0 aromatic heterocycles. The summed E-state index contributed by atoms with van der Waals surface area (Å²) in [5, 5.41) is 3.06. The van der Waals surface area contributed by atoms with Crippen molar-refractivity contribution < 1.29 is 18.7 Å². The molecule has 2 aliphatic rings. The van der Waals surface area contributed by atoms with Crippen LogP contribution in [0.25, 0.3) is 0 Å². The molecule has 2 atom stereocenters. The number of hydrogen-bond acceptors (Lipinski definition) is 5. The number of carbonyl (C=O) groups is 1. The van der Waals surface area contributed by atoms with Gasteiger partial charge in [0.15, 0.2) is 0 Å². The molecule has 0 radical (unpaired) electrons. The second-order valence-electron chi connectivity index (χ2n) is 9.06. The third-order valence-electron chi connectivity index (χ3n) is 7.05. The molecule has 2 aliphatic heterocycles. The molecule has 0 aliphatic carbocycles. The number of nitrogens with zero attached hydrogens (tertiary/aromatic N) is 2. The number of nitrogens with one attached hydrogen (secondary N) is 1. The van der Waals surface area contributed by atoms with Crippen LogP contribution in [0.4, 0.5) is 15.8 Å². The monoisotopic (exact) mass is 475 g/mol. The lowest BCUT2D eigenvalue weighted by Crippen LogP contribution is -2.61. The van der Waals surface area contributed by atoms with Gasteiger partial charge in [-0.2, -0.15) is 0 Å². The van der Waals surface area contributed by atoms with Gasteiger partial charge in [-0.3, -0.25) is 4.79 Å². The average molecular weight is 476 g/mol. The fourth-order valence-corrected chi connectivity index (χ4v) is 5.20. The van der Waals surface area contributed by atoms with E-state index in [0.717, 1.165) is 53.6 Å². The van der Waals surface area contributed by atoms with Crippen molar-refractivity contribution in [2.45, 2.75) is 19.0 Å². The van der Waals surface area contributed by atoms with Crippen molar-refractivity contribution in [3.8, 4) is 11.5 Å². The Kier molecular flexibility index (Phi) is 6.49. The van der Waals surface area contributed by atoms with Crippen molar-refractivity contribution in [1.29, 1.82) is 0 Å². The maximum Gasteiger partial charge on any atom is 0.225 e. The fourth-order valence-electron chi connectivity index (χ4n) is 5.20. The summed E-state index contributed by atoms with van der Waals surface area (Å²) >= 11 is 0. The van der Waals surface area contributed by atoms with Crippen LogP contribution in [0.3, 0.4) is 0 Å². The van der Waals surface area contributed by atoms with E-state index in [4.69, 9.17) is 9.47 Å². The average Bonchev–Trinajstić information content (AvgIpc) is 2.90. The van der Waals surface area contributed by atoms with Crippen LogP contribution in [0.2, 0.25) is 0 Å². The molecule has 1 fully saturated rings. The predicted molar refractivity (Wildman–Crippen MR) is 135 cm³/mol. The van der Waals surface area contributed by atoms with Crippen molar-refractivity contribution >= 4 is 17.3 Å². The van der Waals surface area contributed by atoms with Crippen molar-refractivity contribution in [3.05, 3.63) is 83.7 Å². The van der Waals surface area contributed by atoms with Crippen LogP contribution in [0.1, 0.15) is 11.1 Å². The lowest BCUT2D eigenvalue weighted by molar-refractivity contribution is -0.126. The molecule has 2 heterocycles. The second kappa shape index (κ2) is 9.86. The summed E-state index contributed by atoms with van der Waals surface area (Å²) in [6.07, 6.45) is 0.645. The van der Waals surface area contributed by atoms with Crippen LogP contribution in [0.5, 0.6) is 11.5 Å². The minimum atomic E-state index is -0.300. The molecule has 1 N–H and O–H groups in total. The molecule has 3 aromatic carbocycles. The van der Waals surface area contributed by atoms with E-state index in [1.165, 1.54) is 12.1 Å². The minimum Gasteiger partial charge on any atom is -0.497 e. The highest BCUT2D eigenvalue weighted by Gasteiger charge is 2.41. The van der Waals surface area contributed by atoms with E-state index in [-0.39, 0.29) is 23.7 Å². The number of amides is 1. The van der Waals surface area contributed by atoms with E-state index < -0.39 is 0 Å². The van der Waals surface area contributed by atoms with Gasteiger partial charge in [-0.1, -0.05) is 18.2 Å². The highest BCUT2D eigenvalue weighted by molar-refractivity contribution is 5.82. The standard InChI is InChI=1S/C28H30FN3O3/c1-34-23-10-7-22(8-11-23)31-12-13-32-26-16-24(35-2)9-6-20(26)15-25(27(32)18-31)28(33)30-17-19-4-3-5-21(29)14-19/h3-11,14,16,25,27H,12-13,15,17-18H2,1-2H3,(H,30,33). The van der Waals surface area contributed by atoms with Gasteiger partial charge in [0.1, 0.15) is 17.3 Å². The van der Waals surface area contributed by atoms with Gasteiger partial charge in [-0.05, 0) is 60.0 Å².